The van der Waals surface area contributed by atoms with Gasteiger partial charge in [0.05, 0.1) is 17.7 Å². The minimum atomic E-state index is -2.88. The van der Waals surface area contributed by atoms with Crippen molar-refractivity contribution in [2.45, 2.75) is 102 Å². The van der Waals surface area contributed by atoms with Crippen molar-refractivity contribution >= 4 is 41.8 Å². The normalized spacial score (nSPS) is 26.7. The summed E-state index contributed by atoms with van der Waals surface area (Å²) in [6, 6.07) is 8.31. The number of para-hydroxylation sites is 1. The lowest BCUT2D eigenvalue weighted by Crippen LogP contribution is -2.66. The maximum absolute atomic E-state index is 12.9. The second-order valence-electron chi connectivity index (χ2n) is 11.8. The van der Waals surface area contributed by atoms with Gasteiger partial charge in [0, 0.05) is 17.6 Å². The number of carbonyl (C=O) groups is 1. The van der Waals surface area contributed by atoms with E-state index in [1.165, 1.54) is 0 Å². The van der Waals surface area contributed by atoms with Gasteiger partial charge in [-0.25, -0.2) is 4.79 Å². The van der Waals surface area contributed by atoms with Crippen LogP contribution in [0, 0.1) is 0 Å². The third kappa shape index (κ3) is 5.77. The molecule has 3 heterocycles. The molecule has 11 heteroatoms. The molecule has 1 aromatic carbocycles. The molecule has 2 aliphatic heterocycles. The Morgan fingerprint density at radius 1 is 1.00 bits per heavy atom. The molecule has 39 heavy (non-hydrogen) atoms. The summed E-state index contributed by atoms with van der Waals surface area (Å²) >= 11 is 0. The van der Waals surface area contributed by atoms with E-state index in [0.29, 0.717) is 12.2 Å². The van der Waals surface area contributed by atoms with E-state index in [-0.39, 0.29) is 29.0 Å². The molecule has 0 N–H and O–H groups in total. The zero-order valence-electron chi connectivity index (χ0n) is 24.4. The Morgan fingerprint density at radius 3 is 2.28 bits per heavy atom. The first kappa shape index (κ1) is 30.4. The van der Waals surface area contributed by atoms with E-state index in [2.05, 4.69) is 60.4 Å². The summed E-state index contributed by atoms with van der Waals surface area (Å²) in [5, 5.41) is 0.719. The molecule has 1 unspecified atom stereocenters. The molecule has 8 nitrogen and oxygen atoms in total. The fourth-order valence-electron chi connectivity index (χ4n) is 5.88. The van der Waals surface area contributed by atoms with Gasteiger partial charge in [-0.3, -0.25) is 4.98 Å². The first-order valence-electron chi connectivity index (χ1n) is 14.0. The highest BCUT2D eigenvalue weighted by Gasteiger charge is 2.61. The average Bonchev–Trinajstić information content (AvgIpc) is 3.16. The number of aromatic nitrogens is 1. The van der Waals surface area contributed by atoms with Gasteiger partial charge >= 0.3 is 23.1 Å². The molecular weight excluding hydrogens is 529 g/mol. The van der Waals surface area contributed by atoms with Crippen LogP contribution in [0.1, 0.15) is 65.7 Å². The number of pyridine rings is 1. The number of hydrogen-bond acceptors (Lipinski definition) is 8. The van der Waals surface area contributed by atoms with Crippen LogP contribution in [0.4, 0.5) is 0 Å². The summed E-state index contributed by atoms with van der Waals surface area (Å²) in [5.74, 6) is -0.499. The highest BCUT2D eigenvalue weighted by molar-refractivity contribution is 6.84. The smallest absolute Gasteiger partial charge is 0.340 e. The Hall–Kier alpha value is -1.60. The monoisotopic (exact) mass is 571 g/mol. The van der Waals surface area contributed by atoms with E-state index in [9.17, 15) is 4.79 Å². The van der Waals surface area contributed by atoms with Crippen molar-refractivity contribution < 1.29 is 32.0 Å². The molecule has 2 radical (unpaired) electrons. The number of ether oxygens (including phenoxy) is 3. The van der Waals surface area contributed by atoms with Crippen molar-refractivity contribution in [1.29, 1.82) is 0 Å². The summed E-state index contributed by atoms with van der Waals surface area (Å²) in [4.78, 5) is 17.2. The van der Waals surface area contributed by atoms with Crippen LogP contribution < -0.4 is 0 Å². The molecule has 0 aliphatic carbocycles. The van der Waals surface area contributed by atoms with Crippen molar-refractivity contribution in [3.05, 3.63) is 42.1 Å². The maximum Gasteiger partial charge on any atom is 0.340 e. The highest BCUT2D eigenvalue weighted by Crippen LogP contribution is 2.47. The summed E-state index contributed by atoms with van der Waals surface area (Å²) in [5.41, 5.74) is 1.91. The molecule has 2 saturated heterocycles. The van der Waals surface area contributed by atoms with Gasteiger partial charge in [-0.15, -0.1) is 0 Å². The van der Waals surface area contributed by atoms with Crippen LogP contribution >= 0.6 is 0 Å². The summed E-state index contributed by atoms with van der Waals surface area (Å²) in [6.07, 6.45) is 0.0132. The second kappa shape index (κ2) is 12.1. The first-order valence-corrected chi connectivity index (χ1v) is 17.9. The lowest BCUT2D eigenvalue weighted by atomic mass is 9.93. The minimum Gasteiger partial charge on any atom is -0.435 e. The number of rotatable bonds is 8. The first-order chi connectivity index (χ1) is 18.4. The third-order valence-corrected chi connectivity index (χ3v) is 18.2. The van der Waals surface area contributed by atoms with E-state index in [1.807, 2.05) is 24.3 Å². The molecule has 2 fully saturated rings. The predicted molar refractivity (Wildman–Crippen MR) is 155 cm³/mol. The fourth-order valence-corrected chi connectivity index (χ4v) is 17.1. The quantitative estimate of drug-likeness (QED) is 0.231. The van der Waals surface area contributed by atoms with Crippen LogP contribution in [0.5, 0.6) is 0 Å². The molecule has 0 saturated carbocycles. The molecule has 2 aliphatic rings. The minimum absolute atomic E-state index is 0.152. The van der Waals surface area contributed by atoms with E-state index in [1.54, 1.807) is 12.3 Å². The molecule has 0 spiro atoms. The van der Waals surface area contributed by atoms with Gasteiger partial charge in [-0.1, -0.05) is 73.6 Å². The average molecular weight is 572 g/mol. The molecule has 0 bridgehead atoms. The van der Waals surface area contributed by atoms with Gasteiger partial charge in [-0.05, 0) is 34.3 Å². The zero-order chi connectivity index (χ0) is 28.5. The topological polar surface area (TPSA) is 85.3 Å². The van der Waals surface area contributed by atoms with Crippen LogP contribution in [-0.2, 0) is 27.2 Å². The molecule has 212 valence electrons. The van der Waals surface area contributed by atoms with Gasteiger partial charge in [-0.2, -0.15) is 0 Å². The van der Waals surface area contributed by atoms with Crippen LogP contribution in [-0.4, -0.2) is 73.6 Å². The Balaban J connectivity index is 1.55. The fraction of sp³-hybridized carbons (Fsp3) is 0.643. The highest BCUT2D eigenvalue weighted by atomic mass is 28.5. The van der Waals surface area contributed by atoms with Gasteiger partial charge < -0.3 is 27.2 Å². The van der Waals surface area contributed by atoms with Crippen LogP contribution in [0.3, 0.4) is 0 Å². The van der Waals surface area contributed by atoms with Crippen LogP contribution in [0.15, 0.2) is 36.5 Å². The summed E-state index contributed by atoms with van der Waals surface area (Å²) < 4.78 is 38.8. The lowest BCUT2D eigenvalue weighted by Gasteiger charge is -2.51. The molecule has 0 amide bonds. The predicted octanol–water partition coefficient (Wildman–Crippen LogP) is 5.58. The SMILES string of the molecule is [B]C1O[C@@H]2CO[Si](C(C)C)(C(C)C)O[Si](C(C)C)(C(C)C)O[C@H]2[C@H]1OCOC(=O)c1ccnc2ccccc12. The number of nitrogens with zero attached hydrogens (tertiary/aromatic N) is 1. The van der Waals surface area contributed by atoms with Crippen molar-refractivity contribution in [3.63, 3.8) is 0 Å². The molecule has 2 aromatic rings. The Morgan fingerprint density at radius 2 is 1.64 bits per heavy atom. The van der Waals surface area contributed by atoms with Gasteiger partial charge in [0.15, 0.2) is 6.79 Å². The lowest BCUT2D eigenvalue weighted by molar-refractivity contribution is -0.0988. The van der Waals surface area contributed by atoms with Gasteiger partial charge in [0.1, 0.15) is 26.2 Å². The summed E-state index contributed by atoms with van der Waals surface area (Å²) in [7, 11) is 0.865. The van der Waals surface area contributed by atoms with Crippen molar-refractivity contribution in [1.82, 2.24) is 4.98 Å². The van der Waals surface area contributed by atoms with E-state index < -0.39 is 47.4 Å². The Bertz CT molecular complexity index is 1130. The van der Waals surface area contributed by atoms with E-state index in [4.69, 9.17) is 35.0 Å². The van der Waals surface area contributed by atoms with Crippen molar-refractivity contribution in [3.8, 4) is 0 Å². The van der Waals surface area contributed by atoms with E-state index >= 15 is 0 Å². The summed E-state index contributed by atoms with van der Waals surface area (Å²) in [6.45, 7) is 17.4. The number of esters is 1. The molecule has 1 aromatic heterocycles. The van der Waals surface area contributed by atoms with Crippen LogP contribution in [0.2, 0.25) is 22.2 Å². The van der Waals surface area contributed by atoms with Crippen molar-refractivity contribution in [2.75, 3.05) is 13.4 Å². The second-order valence-corrected chi connectivity index (χ2v) is 20.6. The maximum atomic E-state index is 12.9. The largest absolute Gasteiger partial charge is 0.435 e. The number of hydrogen-bond donors (Lipinski definition) is 0. The molecule has 4 rings (SSSR count). The molecular formula is C28H42BNO7Si2. The number of fused-ring (bicyclic) bond motifs is 2. The third-order valence-electron chi connectivity index (χ3n) is 8.00. The molecule has 4 atom stereocenters. The van der Waals surface area contributed by atoms with Crippen LogP contribution in [0.25, 0.3) is 10.9 Å². The Labute approximate surface area is 236 Å². The van der Waals surface area contributed by atoms with E-state index in [0.717, 1.165) is 10.9 Å². The number of benzene rings is 1. The van der Waals surface area contributed by atoms with Gasteiger partial charge in [0.2, 0.25) is 0 Å². The zero-order valence-corrected chi connectivity index (χ0v) is 26.4. The van der Waals surface area contributed by atoms with Crippen molar-refractivity contribution in [2.24, 2.45) is 0 Å². The van der Waals surface area contributed by atoms with Gasteiger partial charge in [0.25, 0.3) is 0 Å². The standard InChI is InChI=1S/C28H42BNO7Si2/c1-17(2)38(18(3)4)34-15-24-25(36-39(37-38,19(5)6)20(7)8)26(27(29)35-24)32-16-33-28(31)22-13-14-30-23-12-10-9-11-21(22)23/h9-14,17-20,24-27H,15-16H2,1-8H3/t24-,25-,26-,27?/m1/s1. The number of carbonyl (C=O) groups excluding carboxylic acids is 1. The Kier molecular flexibility index (Phi) is 9.42.